The number of hydrogen-bond acceptors (Lipinski definition) is 5. The quantitative estimate of drug-likeness (QED) is 0.608. The van der Waals surface area contributed by atoms with Crippen LogP contribution in [0, 0.1) is 5.92 Å². The van der Waals surface area contributed by atoms with Crippen LogP contribution in [0.25, 0.3) is 0 Å². The average Bonchev–Trinajstić information content (AvgIpc) is 3.28. The predicted molar refractivity (Wildman–Crippen MR) is 119 cm³/mol. The summed E-state index contributed by atoms with van der Waals surface area (Å²) in [7, 11) is -3.43. The molecule has 3 rings (SSSR count). The Balaban J connectivity index is 1.56. The molecule has 1 aliphatic heterocycles. The Morgan fingerprint density at radius 2 is 2.00 bits per heavy atom. The first-order valence-electron chi connectivity index (χ1n) is 9.69. The Hall–Kier alpha value is -2.49. The third-order valence-corrected chi connectivity index (χ3v) is 7.01. The fraction of sp³-hybridized carbons (Fsp3) is 0.333. The Morgan fingerprint density at radius 3 is 2.67 bits per heavy atom. The Kier molecular flexibility index (Phi) is 7.41. The second-order valence-electron chi connectivity index (χ2n) is 7.15. The van der Waals surface area contributed by atoms with E-state index in [1.807, 2.05) is 11.4 Å². The summed E-state index contributed by atoms with van der Waals surface area (Å²) in [4.78, 5) is 27.7. The summed E-state index contributed by atoms with van der Waals surface area (Å²) in [5.74, 6) is -0.576. The zero-order chi connectivity index (χ0) is 21.6. The van der Waals surface area contributed by atoms with Gasteiger partial charge in [-0.2, -0.15) is 0 Å². The van der Waals surface area contributed by atoms with Crippen molar-refractivity contribution in [2.24, 2.45) is 5.92 Å². The van der Waals surface area contributed by atoms with Crippen LogP contribution in [-0.4, -0.2) is 44.8 Å². The highest BCUT2D eigenvalue weighted by atomic mass is 32.2. The number of amides is 2. The zero-order valence-electron chi connectivity index (χ0n) is 16.5. The second kappa shape index (κ2) is 10.0. The van der Waals surface area contributed by atoms with Gasteiger partial charge in [0.05, 0.1) is 16.5 Å². The van der Waals surface area contributed by atoms with Crippen LogP contribution in [0.4, 0.5) is 5.69 Å². The minimum absolute atomic E-state index is 0.0295. The molecule has 0 spiro atoms. The number of anilines is 1. The first-order chi connectivity index (χ1) is 14.4. The number of carbonyl (C=O) groups excluding carboxylic acids is 2. The van der Waals surface area contributed by atoms with Crippen molar-refractivity contribution in [1.82, 2.24) is 9.62 Å². The van der Waals surface area contributed by atoms with Gasteiger partial charge >= 0.3 is 0 Å². The third-order valence-electron chi connectivity index (χ3n) is 4.84. The van der Waals surface area contributed by atoms with Gasteiger partial charge in [-0.3, -0.25) is 9.59 Å². The van der Waals surface area contributed by atoms with Gasteiger partial charge < -0.3 is 10.2 Å². The van der Waals surface area contributed by atoms with Gasteiger partial charge in [-0.05, 0) is 42.0 Å². The Morgan fingerprint density at radius 1 is 1.23 bits per heavy atom. The molecule has 0 aliphatic carbocycles. The molecular weight excluding hydrogens is 422 g/mol. The van der Waals surface area contributed by atoms with E-state index in [1.165, 1.54) is 17.4 Å². The van der Waals surface area contributed by atoms with E-state index < -0.39 is 10.0 Å². The van der Waals surface area contributed by atoms with Gasteiger partial charge in [0.15, 0.2) is 0 Å². The molecule has 1 aromatic heterocycles. The van der Waals surface area contributed by atoms with Crippen molar-refractivity contribution in [1.29, 1.82) is 0 Å². The van der Waals surface area contributed by atoms with Crippen LogP contribution >= 0.6 is 11.3 Å². The fourth-order valence-corrected chi connectivity index (χ4v) is 5.11. The maximum Gasteiger partial charge on any atom is 0.263 e. The van der Waals surface area contributed by atoms with Crippen LogP contribution in [0.15, 0.2) is 54.4 Å². The van der Waals surface area contributed by atoms with E-state index in [0.717, 1.165) is 12.8 Å². The smallest absolute Gasteiger partial charge is 0.263 e. The second-order valence-corrected chi connectivity index (χ2v) is 9.90. The van der Waals surface area contributed by atoms with Crippen molar-refractivity contribution < 1.29 is 18.0 Å². The summed E-state index contributed by atoms with van der Waals surface area (Å²) < 4.78 is 26.3. The molecule has 160 valence electrons. The van der Waals surface area contributed by atoms with Gasteiger partial charge in [-0.25, -0.2) is 13.1 Å². The van der Waals surface area contributed by atoms with Gasteiger partial charge in [0.25, 0.3) is 5.91 Å². The fourth-order valence-electron chi connectivity index (χ4n) is 3.32. The molecule has 2 N–H and O–H groups in total. The first-order valence-corrected chi connectivity index (χ1v) is 12.2. The van der Waals surface area contributed by atoms with Crippen LogP contribution in [0.2, 0.25) is 0 Å². The number of benzene rings is 1. The molecule has 1 aromatic carbocycles. The summed E-state index contributed by atoms with van der Waals surface area (Å²) in [5.41, 5.74) is 1.22. The van der Waals surface area contributed by atoms with Crippen LogP contribution < -0.4 is 10.0 Å². The van der Waals surface area contributed by atoms with Crippen molar-refractivity contribution in [3.8, 4) is 0 Å². The maximum atomic E-state index is 12.7. The number of likely N-dealkylation sites (tertiary alicyclic amines) is 1. The van der Waals surface area contributed by atoms with Crippen LogP contribution in [-0.2, 0) is 20.6 Å². The van der Waals surface area contributed by atoms with E-state index in [-0.39, 0.29) is 30.0 Å². The largest absolute Gasteiger partial charge is 0.337 e. The van der Waals surface area contributed by atoms with E-state index in [9.17, 15) is 18.0 Å². The lowest BCUT2D eigenvalue weighted by molar-refractivity contribution is -0.121. The Bertz CT molecular complexity index is 986. The zero-order valence-corrected chi connectivity index (χ0v) is 18.2. The average molecular weight is 448 g/mol. The first kappa shape index (κ1) is 22.2. The Labute approximate surface area is 180 Å². The van der Waals surface area contributed by atoms with Crippen LogP contribution in [0.1, 0.15) is 28.1 Å². The normalized spacial score (nSPS) is 16.8. The van der Waals surface area contributed by atoms with E-state index in [0.29, 0.717) is 29.2 Å². The number of nitrogens with zero attached hydrogens (tertiary/aromatic N) is 1. The number of rotatable bonds is 8. The van der Waals surface area contributed by atoms with E-state index in [2.05, 4.69) is 16.6 Å². The molecule has 2 amide bonds. The molecule has 2 aromatic rings. The van der Waals surface area contributed by atoms with Gasteiger partial charge in [-0.1, -0.05) is 24.3 Å². The minimum atomic E-state index is -3.43. The lowest BCUT2D eigenvalue weighted by Crippen LogP contribution is -2.43. The molecule has 7 nitrogen and oxygen atoms in total. The molecular formula is C21H25N3O4S2. The number of thiophene rings is 1. The predicted octanol–water partition coefficient (Wildman–Crippen LogP) is 2.84. The van der Waals surface area contributed by atoms with Crippen molar-refractivity contribution in [3.63, 3.8) is 0 Å². The lowest BCUT2D eigenvalue weighted by atomic mass is 9.97. The standard InChI is InChI=1S/C21H25N3O4S2/c1-2-11-22-30(27,28)15-16-7-9-18(10-8-16)23-20(25)17-5-3-12-24(14-17)21(26)19-6-4-13-29-19/h2,4,6-10,13,17,22H,1,3,5,11-12,14-15H2,(H,23,25). The van der Waals surface area contributed by atoms with E-state index in [1.54, 1.807) is 35.2 Å². The van der Waals surface area contributed by atoms with Gasteiger partial charge in [0, 0.05) is 25.3 Å². The molecule has 0 radical (unpaired) electrons. The topological polar surface area (TPSA) is 95.6 Å². The molecule has 1 unspecified atom stereocenters. The number of nitrogens with one attached hydrogen (secondary N) is 2. The lowest BCUT2D eigenvalue weighted by Gasteiger charge is -2.31. The molecule has 2 heterocycles. The summed E-state index contributed by atoms with van der Waals surface area (Å²) in [6.45, 7) is 4.72. The molecule has 0 bridgehead atoms. The van der Waals surface area contributed by atoms with E-state index in [4.69, 9.17) is 0 Å². The minimum Gasteiger partial charge on any atom is -0.337 e. The van der Waals surface area contributed by atoms with Crippen molar-refractivity contribution >= 4 is 38.9 Å². The molecule has 1 aliphatic rings. The highest BCUT2D eigenvalue weighted by Gasteiger charge is 2.29. The number of sulfonamides is 1. The van der Waals surface area contributed by atoms with Crippen molar-refractivity contribution in [2.45, 2.75) is 18.6 Å². The number of hydrogen-bond donors (Lipinski definition) is 2. The summed E-state index contributed by atoms with van der Waals surface area (Å²) in [6, 6.07) is 10.4. The number of piperidine rings is 1. The van der Waals surface area contributed by atoms with E-state index >= 15 is 0 Å². The highest BCUT2D eigenvalue weighted by molar-refractivity contribution is 7.88. The van der Waals surface area contributed by atoms with Crippen molar-refractivity contribution in [2.75, 3.05) is 25.0 Å². The summed E-state index contributed by atoms with van der Waals surface area (Å²) in [6.07, 6.45) is 2.99. The molecule has 9 heteroatoms. The summed E-state index contributed by atoms with van der Waals surface area (Å²) >= 11 is 1.40. The SMILES string of the molecule is C=CCNS(=O)(=O)Cc1ccc(NC(=O)C2CCCN(C(=O)c3cccs3)C2)cc1. The maximum absolute atomic E-state index is 12.7. The van der Waals surface area contributed by atoms with Gasteiger partial charge in [0.1, 0.15) is 0 Å². The molecule has 0 saturated carbocycles. The monoisotopic (exact) mass is 447 g/mol. The van der Waals surface area contributed by atoms with Gasteiger partial charge in [0.2, 0.25) is 15.9 Å². The molecule has 1 saturated heterocycles. The summed E-state index contributed by atoms with van der Waals surface area (Å²) in [5, 5.41) is 4.74. The molecule has 1 fully saturated rings. The molecule has 30 heavy (non-hydrogen) atoms. The van der Waals surface area contributed by atoms with Gasteiger partial charge in [-0.15, -0.1) is 17.9 Å². The van der Waals surface area contributed by atoms with Crippen LogP contribution in [0.3, 0.4) is 0 Å². The molecule has 1 atom stereocenters. The van der Waals surface area contributed by atoms with Crippen LogP contribution in [0.5, 0.6) is 0 Å². The number of carbonyl (C=O) groups is 2. The highest BCUT2D eigenvalue weighted by Crippen LogP contribution is 2.22. The third kappa shape index (κ3) is 6.01. The van der Waals surface area contributed by atoms with Crippen molar-refractivity contribution in [3.05, 3.63) is 64.9 Å².